The zero-order valence-corrected chi connectivity index (χ0v) is 11.7. The van der Waals surface area contributed by atoms with Crippen molar-refractivity contribution in [3.63, 3.8) is 0 Å². The first-order valence-corrected chi connectivity index (χ1v) is 6.56. The van der Waals surface area contributed by atoms with Crippen LogP contribution >= 0.6 is 0 Å². The van der Waals surface area contributed by atoms with E-state index in [4.69, 9.17) is 0 Å². The van der Waals surface area contributed by atoms with Crippen LogP contribution in [-0.2, 0) is 0 Å². The number of nitrogens with zero attached hydrogens (tertiary/aromatic N) is 1. The van der Waals surface area contributed by atoms with Crippen LogP contribution in [0.5, 0.6) is 0 Å². The fourth-order valence-electron chi connectivity index (χ4n) is 2.07. The van der Waals surface area contributed by atoms with Gasteiger partial charge in [-0.2, -0.15) is 0 Å². The lowest BCUT2D eigenvalue weighted by molar-refractivity contribution is -0.384. The van der Waals surface area contributed by atoms with Gasteiger partial charge in [0.2, 0.25) is 0 Å². The van der Waals surface area contributed by atoms with E-state index in [9.17, 15) is 15.2 Å². The Morgan fingerprint density at radius 2 is 2.05 bits per heavy atom. The highest BCUT2D eigenvalue weighted by Gasteiger charge is 2.12. The van der Waals surface area contributed by atoms with Crippen LogP contribution in [0.2, 0.25) is 0 Å². The maximum atomic E-state index is 10.7. The number of non-ortho nitro benzene ring substituents is 1. The van der Waals surface area contributed by atoms with Crippen LogP contribution < -0.4 is 5.32 Å². The molecule has 0 spiro atoms. The zero-order chi connectivity index (χ0) is 14.4. The molecule has 3 unspecified atom stereocenters. The molecule has 106 valence electrons. The molecule has 1 aromatic rings. The first-order valence-electron chi connectivity index (χ1n) is 6.56. The largest absolute Gasteiger partial charge is 0.393 e. The second-order valence-electron chi connectivity index (χ2n) is 5.17. The van der Waals surface area contributed by atoms with Gasteiger partial charge in [-0.25, -0.2) is 0 Å². The molecule has 0 bridgehead atoms. The zero-order valence-electron chi connectivity index (χ0n) is 11.7. The summed E-state index contributed by atoms with van der Waals surface area (Å²) in [5.74, 6) is 0.362. The Labute approximate surface area is 113 Å². The van der Waals surface area contributed by atoms with E-state index in [1.165, 1.54) is 6.07 Å². The third kappa shape index (κ3) is 5.36. The van der Waals surface area contributed by atoms with Gasteiger partial charge in [0.05, 0.1) is 11.0 Å². The van der Waals surface area contributed by atoms with Crippen LogP contribution in [0.25, 0.3) is 0 Å². The normalized spacial score (nSPS) is 15.8. The molecule has 5 heteroatoms. The maximum Gasteiger partial charge on any atom is 0.269 e. The van der Waals surface area contributed by atoms with Crippen molar-refractivity contribution >= 4 is 5.69 Å². The third-order valence-corrected chi connectivity index (χ3v) is 3.10. The minimum atomic E-state index is -0.383. The number of rotatable bonds is 7. The molecule has 0 saturated carbocycles. The smallest absolute Gasteiger partial charge is 0.269 e. The summed E-state index contributed by atoms with van der Waals surface area (Å²) >= 11 is 0. The molecule has 0 aromatic heterocycles. The van der Waals surface area contributed by atoms with E-state index in [0.29, 0.717) is 5.92 Å². The highest BCUT2D eigenvalue weighted by atomic mass is 16.6. The second kappa shape index (κ2) is 7.21. The predicted molar refractivity (Wildman–Crippen MR) is 75.0 cm³/mol. The number of hydrogen-bond donors (Lipinski definition) is 2. The Bertz CT molecular complexity index is 421. The number of nitro benzene ring substituents is 1. The predicted octanol–water partition coefficient (Wildman–Crippen LogP) is 2.65. The summed E-state index contributed by atoms with van der Waals surface area (Å²) in [6.07, 6.45) is 0.444. The van der Waals surface area contributed by atoms with Crippen molar-refractivity contribution < 1.29 is 10.0 Å². The first kappa shape index (κ1) is 15.6. The molecule has 1 rings (SSSR count). The van der Waals surface area contributed by atoms with Crippen LogP contribution in [0.3, 0.4) is 0 Å². The molecule has 0 fully saturated rings. The van der Waals surface area contributed by atoms with E-state index in [1.807, 2.05) is 13.0 Å². The number of hydrogen-bond acceptors (Lipinski definition) is 4. The van der Waals surface area contributed by atoms with Crippen LogP contribution in [-0.4, -0.2) is 22.7 Å². The Kier molecular flexibility index (Phi) is 5.92. The van der Waals surface area contributed by atoms with Gasteiger partial charge in [0.15, 0.2) is 0 Å². The second-order valence-corrected chi connectivity index (χ2v) is 5.17. The van der Waals surface area contributed by atoms with E-state index in [-0.39, 0.29) is 22.8 Å². The van der Waals surface area contributed by atoms with Gasteiger partial charge >= 0.3 is 0 Å². The van der Waals surface area contributed by atoms with Crippen LogP contribution in [0.15, 0.2) is 24.3 Å². The van der Waals surface area contributed by atoms with Gasteiger partial charge in [0, 0.05) is 18.2 Å². The van der Waals surface area contributed by atoms with Crippen molar-refractivity contribution in [1.29, 1.82) is 0 Å². The van der Waals surface area contributed by atoms with E-state index in [2.05, 4.69) is 12.2 Å². The minimum absolute atomic E-state index is 0.0522. The molecule has 2 N–H and O–H groups in total. The lowest BCUT2D eigenvalue weighted by Gasteiger charge is -2.19. The number of aliphatic hydroxyl groups is 1. The number of aliphatic hydroxyl groups excluding tert-OH is 1. The SMILES string of the molecule is CC(O)CC(C)CNC(C)c1cccc([N+](=O)[O-])c1. The van der Waals surface area contributed by atoms with Crippen LogP contribution in [0.1, 0.15) is 38.8 Å². The Morgan fingerprint density at radius 1 is 1.37 bits per heavy atom. The fourth-order valence-corrected chi connectivity index (χ4v) is 2.07. The summed E-state index contributed by atoms with van der Waals surface area (Å²) in [6.45, 7) is 6.60. The van der Waals surface area contributed by atoms with Crippen LogP contribution in [0.4, 0.5) is 5.69 Å². The summed E-state index contributed by atoms with van der Waals surface area (Å²) in [6, 6.07) is 6.72. The van der Waals surface area contributed by atoms with Crippen molar-refractivity contribution in [1.82, 2.24) is 5.32 Å². The number of nitrogens with one attached hydrogen (secondary N) is 1. The summed E-state index contributed by atoms with van der Waals surface area (Å²) in [4.78, 5) is 10.3. The monoisotopic (exact) mass is 266 g/mol. The highest BCUT2D eigenvalue weighted by Crippen LogP contribution is 2.19. The summed E-state index contributed by atoms with van der Waals surface area (Å²) in [7, 11) is 0. The summed E-state index contributed by atoms with van der Waals surface area (Å²) in [5, 5.41) is 23.4. The average Bonchev–Trinajstić information content (AvgIpc) is 2.35. The molecule has 5 nitrogen and oxygen atoms in total. The molecular weight excluding hydrogens is 244 g/mol. The molecule has 0 saturated heterocycles. The molecule has 0 aliphatic rings. The molecule has 0 amide bonds. The Morgan fingerprint density at radius 3 is 2.63 bits per heavy atom. The van der Waals surface area contributed by atoms with Gasteiger partial charge < -0.3 is 10.4 Å². The fraction of sp³-hybridized carbons (Fsp3) is 0.571. The van der Waals surface area contributed by atoms with Gasteiger partial charge in [0.25, 0.3) is 5.69 Å². The van der Waals surface area contributed by atoms with Crippen molar-refractivity contribution in [2.24, 2.45) is 5.92 Å². The molecule has 0 aliphatic carbocycles. The van der Waals surface area contributed by atoms with Crippen molar-refractivity contribution in [3.8, 4) is 0 Å². The molecule has 0 aliphatic heterocycles. The van der Waals surface area contributed by atoms with E-state index in [1.54, 1.807) is 19.1 Å². The van der Waals surface area contributed by atoms with E-state index < -0.39 is 0 Å². The Hall–Kier alpha value is -1.46. The van der Waals surface area contributed by atoms with Gasteiger partial charge in [-0.05, 0) is 38.3 Å². The van der Waals surface area contributed by atoms with Gasteiger partial charge in [0.1, 0.15) is 0 Å². The third-order valence-electron chi connectivity index (χ3n) is 3.10. The van der Waals surface area contributed by atoms with E-state index in [0.717, 1.165) is 18.5 Å². The molecular formula is C14H22N2O3. The standard InChI is InChI=1S/C14H22N2O3/c1-10(7-11(2)17)9-15-12(3)13-5-4-6-14(8-13)16(18)19/h4-6,8,10-12,15,17H,7,9H2,1-3H3. The topological polar surface area (TPSA) is 75.4 Å². The van der Waals surface area contributed by atoms with Crippen molar-refractivity contribution in [2.45, 2.75) is 39.3 Å². The van der Waals surface area contributed by atoms with Gasteiger partial charge in [-0.1, -0.05) is 19.1 Å². The molecule has 1 aromatic carbocycles. The summed E-state index contributed by atoms with van der Waals surface area (Å²) in [5.41, 5.74) is 1.02. The molecule has 0 heterocycles. The highest BCUT2D eigenvalue weighted by molar-refractivity contribution is 5.35. The lowest BCUT2D eigenvalue weighted by Crippen LogP contribution is -2.26. The summed E-state index contributed by atoms with van der Waals surface area (Å²) < 4.78 is 0. The molecule has 3 atom stereocenters. The van der Waals surface area contributed by atoms with Gasteiger partial charge in [-0.15, -0.1) is 0 Å². The van der Waals surface area contributed by atoms with Crippen molar-refractivity contribution in [3.05, 3.63) is 39.9 Å². The quantitative estimate of drug-likeness (QED) is 0.587. The molecule has 0 radical (unpaired) electrons. The maximum absolute atomic E-state index is 10.7. The van der Waals surface area contributed by atoms with Gasteiger partial charge in [-0.3, -0.25) is 10.1 Å². The van der Waals surface area contributed by atoms with E-state index >= 15 is 0 Å². The lowest BCUT2D eigenvalue weighted by atomic mass is 10.0. The first-order chi connectivity index (χ1) is 8.90. The minimum Gasteiger partial charge on any atom is -0.393 e. The number of benzene rings is 1. The van der Waals surface area contributed by atoms with Crippen LogP contribution in [0, 0.1) is 16.0 Å². The Balaban J connectivity index is 2.56. The van der Waals surface area contributed by atoms with Crippen molar-refractivity contribution in [2.75, 3.05) is 6.54 Å². The average molecular weight is 266 g/mol. The number of nitro groups is 1. The molecule has 19 heavy (non-hydrogen) atoms.